The van der Waals surface area contributed by atoms with Crippen molar-refractivity contribution in [2.75, 3.05) is 18.5 Å². The largest absolute Gasteiger partial charge is 0.490 e. The number of halogens is 3. The van der Waals surface area contributed by atoms with Crippen molar-refractivity contribution >= 4 is 11.9 Å². The lowest BCUT2D eigenvalue weighted by molar-refractivity contribution is -0.144. The second-order valence-electron chi connectivity index (χ2n) is 5.47. The molecule has 1 amide bonds. The maximum Gasteiger partial charge on any atom is 0.451 e. The maximum absolute atomic E-state index is 12.5. The van der Waals surface area contributed by atoms with E-state index in [1.807, 2.05) is 18.2 Å². The number of amides is 1. The zero-order chi connectivity index (χ0) is 20.0. The molecule has 1 aromatic heterocycles. The van der Waals surface area contributed by atoms with Gasteiger partial charge in [0, 0.05) is 0 Å². The Labute approximate surface area is 157 Å². The Bertz CT molecular complexity index is 929. The highest BCUT2D eigenvalue weighted by molar-refractivity contribution is 6.05. The second kappa shape index (κ2) is 8.42. The maximum atomic E-state index is 12.5. The van der Waals surface area contributed by atoms with Crippen molar-refractivity contribution in [3.05, 3.63) is 66.0 Å². The Morgan fingerprint density at radius 3 is 2.39 bits per heavy atom. The molecule has 28 heavy (non-hydrogen) atoms. The van der Waals surface area contributed by atoms with Crippen LogP contribution in [0.2, 0.25) is 0 Å². The molecule has 7 nitrogen and oxygen atoms in total. The molecule has 3 rings (SSSR count). The molecule has 0 spiro atoms. The van der Waals surface area contributed by atoms with Gasteiger partial charge in [0.05, 0.1) is 5.56 Å². The zero-order valence-corrected chi connectivity index (χ0v) is 14.4. The first kappa shape index (κ1) is 19.2. The van der Waals surface area contributed by atoms with Crippen LogP contribution in [-0.2, 0) is 6.18 Å². The number of rotatable bonds is 7. The van der Waals surface area contributed by atoms with E-state index in [2.05, 4.69) is 15.4 Å². The third-order valence-corrected chi connectivity index (χ3v) is 3.46. The van der Waals surface area contributed by atoms with E-state index in [1.165, 1.54) is 6.07 Å². The molecular formula is C18H15F3N4O3. The molecule has 0 fully saturated rings. The summed E-state index contributed by atoms with van der Waals surface area (Å²) in [7, 11) is 0. The van der Waals surface area contributed by atoms with Crippen LogP contribution < -0.4 is 14.8 Å². The monoisotopic (exact) mass is 392 g/mol. The number of benzene rings is 2. The number of para-hydroxylation sites is 2. The van der Waals surface area contributed by atoms with Gasteiger partial charge in [-0.3, -0.25) is 15.2 Å². The molecule has 10 heteroatoms. The standard InChI is InChI=1S/C18H15F3N4O3/c19-18(20,21)16-23-17(25-24-16)22-15(26)13-8-4-5-9-14(13)28-11-10-27-12-6-2-1-3-7-12/h1-9H,10-11H2,(H2,22,23,24,25,26). The summed E-state index contributed by atoms with van der Waals surface area (Å²) in [4.78, 5) is 15.6. The highest BCUT2D eigenvalue weighted by Gasteiger charge is 2.35. The van der Waals surface area contributed by atoms with Gasteiger partial charge in [-0.15, -0.1) is 5.10 Å². The quantitative estimate of drug-likeness (QED) is 0.601. The van der Waals surface area contributed by atoms with Crippen molar-refractivity contribution in [1.29, 1.82) is 0 Å². The first-order valence-corrected chi connectivity index (χ1v) is 8.14. The fourth-order valence-electron chi connectivity index (χ4n) is 2.22. The summed E-state index contributed by atoms with van der Waals surface area (Å²) in [6.07, 6.45) is -4.68. The summed E-state index contributed by atoms with van der Waals surface area (Å²) in [6.45, 7) is 0.411. The van der Waals surface area contributed by atoms with Crippen LogP contribution in [0.15, 0.2) is 54.6 Å². The van der Waals surface area contributed by atoms with Gasteiger partial charge in [0.25, 0.3) is 5.91 Å². The lowest BCUT2D eigenvalue weighted by Gasteiger charge is -2.11. The van der Waals surface area contributed by atoms with Crippen LogP contribution in [0.25, 0.3) is 0 Å². The van der Waals surface area contributed by atoms with Crippen molar-refractivity contribution in [2.45, 2.75) is 6.18 Å². The first-order valence-electron chi connectivity index (χ1n) is 8.14. The Balaban J connectivity index is 1.59. The molecule has 0 saturated carbocycles. The minimum Gasteiger partial charge on any atom is -0.490 e. The van der Waals surface area contributed by atoms with Gasteiger partial charge in [-0.25, -0.2) is 0 Å². The lowest BCUT2D eigenvalue weighted by atomic mass is 10.2. The summed E-state index contributed by atoms with van der Waals surface area (Å²) in [5.74, 6) is -1.55. The molecule has 0 aliphatic carbocycles. The van der Waals surface area contributed by atoms with Crippen molar-refractivity contribution in [2.24, 2.45) is 0 Å². The fraction of sp³-hybridized carbons (Fsp3) is 0.167. The average molecular weight is 392 g/mol. The minimum atomic E-state index is -4.68. The van der Waals surface area contributed by atoms with Crippen LogP contribution in [0.1, 0.15) is 16.2 Å². The molecular weight excluding hydrogens is 377 g/mol. The topological polar surface area (TPSA) is 89.1 Å². The fourth-order valence-corrected chi connectivity index (χ4v) is 2.22. The molecule has 1 heterocycles. The number of hydrogen-bond acceptors (Lipinski definition) is 5. The number of ether oxygens (including phenoxy) is 2. The number of H-pyrrole nitrogens is 1. The van der Waals surface area contributed by atoms with E-state index in [-0.39, 0.29) is 24.5 Å². The van der Waals surface area contributed by atoms with Crippen molar-refractivity contribution < 1.29 is 27.4 Å². The van der Waals surface area contributed by atoms with Gasteiger partial charge in [-0.1, -0.05) is 30.3 Å². The van der Waals surface area contributed by atoms with Gasteiger partial charge in [0.1, 0.15) is 24.7 Å². The predicted octanol–water partition coefficient (Wildman–Crippen LogP) is 3.53. The number of nitrogens with one attached hydrogen (secondary N) is 2. The van der Waals surface area contributed by atoms with E-state index in [0.29, 0.717) is 5.75 Å². The summed E-state index contributed by atoms with van der Waals surface area (Å²) >= 11 is 0. The number of nitrogens with zero attached hydrogens (tertiary/aromatic N) is 2. The van der Waals surface area contributed by atoms with Crippen LogP contribution in [0.4, 0.5) is 19.1 Å². The summed E-state index contributed by atoms with van der Waals surface area (Å²) in [5, 5.41) is 7.27. The number of alkyl halides is 3. The molecule has 3 aromatic rings. The van der Waals surface area contributed by atoms with Gasteiger partial charge in [0.15, 0.2) is 0 Å². The first-order chi connectivity index (χ1) is 13.4. The van der Waals surface area contributed by atoms with Crippen molar-refractivity contribution in [1.82, 2.24) is 15.2 Å². The molecule has 2 N–H and O–H groups in total. The van der Waals surface area contributed by atoms with E-state index >= 15 is 0 Å². The summed E-state index contributed by atoms with van der Waals surface area (Å²) < 4.78 is 48.7. The molecule has 2 aromatic carbocycles. The number of anilines is 1. The predicted molar refractivity (Wildman–Crippen MR) is 93.2 cm³/mol. The number of carbonyl (C=O) groups excluding carboxylic acids is 1. The molecule has 0 unspecified atom stereocenters. The van der Waals surface area contributed by atoms with Gasteiger partial charge in [0.2, 0.25) is 11.8 Å². The van der Waals surface area contributed by atoms with E-state index in [4.69, 9.17) is 9.47 Å². The third kappa shape index (κ3) is 5.00. The molecule has 0 aliphatic rings. The second-order valence-corrected chi connectivity index (χ2v) is 5.47. The molecule has 0 atom stereocenters. The average Bonchev–Trinajstić information content (AvgIpc) is 3.15. The molecule has 0 bridgehead atoms. The highest BCUT2D eigenvalue weighted by Crippen LogP contribution is 2.26. The number of hydrogen-bond donors (Lipinski definition) is 2. The van der Waals surface area contributed by atoms with Crippen molar-refractivity contribution in [3.63, 3.8) is 0 Å². The SMILES string of the molecule is O=C(Nc1n[nH]c(C(F)(F)F)n1)c1ccccc1OCCOc1ccccc1. The van der Waals surface area contributed by atoms with Crippen LogP contribution in [-0.4, -0.2) is 34.3 Å². The number of carbonyl (C=O) groups is 1. The van der Waals surface area contributed by atoms with E-state index in [1.54, 1.807) is 35.4 Å². The Hall–Kier alpha value is -3.56. The van der Waals surface area contributed by atoms with Gasteiger partial charge >= 0.3 is 6.18 Å². The normalized spacial score (nSPS) is 11.1. The van der Waals surface area contributed by atoms with Crippen LogP contribution in [0.5, 0.6) is 11.5 Å². The highest BCUT2D eigenvalue weighted by atomic mass is 19.4. The van der Waals surface area contributed by atoms with E-state index in [9.17, 15) is 18.0 Å². The van der Waals surface area contributed by atoms with Gasteiger partial charge < -0.3 is 9.47 Å². The third-order valence-electron chi connectivity index (χ3n) is 3.46. The van der Waals surface area contributed by atoms with Crippen LogP contribution in [0.3, 0.4) is 0 Å². The van der Waals surface area contributed by atoms with Gasteiger partial charge in [-0.2, -0.15) is 18.2 Å². The Morgan fingerprint density at radius 2 is 1.68 bits per heavy atom. The molecule has 0 saturated heterocycles. The lowest BCUT2D eigenvalue weighted by Crippen LogP contribution is -2.16. The number of aromatic amines is 1. The molecule has 0 radical (unpaired) electrons. The number of aromatic nitrogens is 3. The van der Waals surface area contributed by atoms with Crippen LogP contribution in [0, 0.1) is 0 Å². The summed E-state index contributed by atoms with van der Waals surface area (Å²) in [6, 6.07) is 15.4. The van der Waals surface area contributed by atoms with Crippen molar-refractivity contribution in [3.8, 4) is 11.5 Å². The Kier molecular flexibility index (Phi) is 5.78. The molecule has 0 aliphatic heterocycles. The molecule has 146 valence electrons. The van der Waals surface area contributed by atoms with E-state index < -0.39 is 23.9 Å². The zero-order valence-electron chi connectivity index (χ0n) is 14.4. The van der Waals surface area contributed by atoms with Gasteiger partial charge in [-0.05, 0) is 24.3 Å². The summed E-state index contributed by atoms with van der Waals surface area (Å²) in [5.41, 5.74) is 0.126. The van der Waals surface area contributed by atoms with Crippen LogP contribution >= 0.6 is 0 Å². The smallest absolute Gasteiger partial charge is 0.451 e. The van der Waals surface area contributed by atoms with E-state index in [0.717, 1.165) is 0 Å². The Morgan fingerprint density at radius 1 is 1.00 bits per heavy atom. The minimum absolute atomic E-state index is 0.126.